The van der Waals surface area contributed by atoms with Gasteiger partial charge in [-0.15, -0.1) is 0 Å². The Labute approximate surface area is 282 Å². The smallest absolute Gasteiger partial charge is 0.158 e. The molecule has 1 fully saturated rings. The minimum atomic E-state index is 0.0101. The fraction of sp³-hybridized carbons (Fsp3) is 0.810. The van der Waals surface area contributed by atoms with E-state index in [2.05, 4.69) is 81.5 Å². The third-order valence-electron chi connectivity index (χ3n) is 8.99. The number of unbranched alkanes of at least 4 members (excludes halogenated alkanes) is 16. The Morgan fingerprint density at radius 3 is 1.20 bits per heavy atom. The van der Waals surface area contributed by atoms with Crippen LogP contribution in [0.2, 0.25) is 0 Å². The lowest BCUT2D eigenvalue weighted by Crippen LogP contribution is -2.22. The normalized spacial score (nSPS) is 19.2. The number of hydrogen-bond donors (Lipinski definition) is 0. The van der Waals surface area contributed by atoms with Gasteiger partial charge in [-0.05, 0) is 111 Å². The van der Waals surface area contributed by atoms with Crippen molar-refractivity contribution < 1.29 is 9.47 Å². The van der Waals surface area contributed by atoms with Crippen LogP contribution >= 0.6 is 0 Å². The average Bonchev–Trinajstić information content (AvgIpc) is 3.42. The Morgan fingerprint density at radius 2 is 0.800 bits per heavy atom. The molecule has 3 heteroatoms. The molecule has 2 unspecified atom stereocenters. The maximum absolute atomic E-state index is 6.48. The van der Waals surface area contributed by atoms with E-state index in [1.165, 1.54) is 141 Å². The second kappa shape index (κ2) is 32.8. The van der Waals surface area contributed by atoms with Gasteiger partial charge >= 0.3 is 0 Å². The maximum Gasteiger partial charge on any atom is 0.158 e. The predicted molar refractivity (Wildman–Crippen MR) is 200 cm³/mol. The van der Waals surface area contributed by atoms with Gasteiger partial charge in [0.05, 0.1) is 12.2 Å². The first-order valence-corrected chi connectivity index (χ1v) is 19.7. The molecule has 0 aromatic rings. The molecule has 1 aliphatic heterocycles. The summed E-state index contributed by atoms with van der Waals surface area (Å²) in [7, 11) is 4.30. The second-order valence-corrected chi connectivity index (χ2v) is 13.8. The first-order chi connectivity index (χ1) is 22.2. The van der Waals surface area contributed by atoms with Crippen molar-refractivity contribution in [3.05, 3.63) is 48.6 Å². The Kier molecular flexibility index (Phi) is 30.5. The largest absolute Gasteiger partial charge is 0.347 e. The molecule has 2 atom stereocenters. The molecule has 0 N–H and O–H groups in total. The van der Waals surface area contributed by atoms with Crippen LogP contribution in [0.15, 0.2) is 48.6 Å². The third-order valence-corrected chi connectivity index (χ3v) is 8.99. The van der Waals surface area contributed by atoms with E-state index in [4.69, 9.17) is 9.47 Å². The monoisotopic (exact) mass is 628 g/mol. The zero-order chi connectivity index (χ0) is 32.5. The van der Waals surface area contributed by atoms with Crippen LogP contribution < -0.4 is 0 Å². The van der Waals surface area contributed by atoms with Gasteiger partial charge in [0.2, 0.25) is 0 Å². The highest BCUT2D eigenvalue weighted by atomic mass is 16.7. The Hall–Kier alpha value is -1.16. The summed E-state index contributed by atoms with van der Waals surface area (Å²) in [6.45, 7) is 5.64. The van der Waals surface area contributed by atoms with E-state index in [1.807, 2.05) is 0 Å². The standard InChI is InChI=1S/C42H77NO2/c1-5-7-9-11-13-15-17-19-21-23-25-27-29-31-33-36-40-41(45-42(44-40)38-35-39-43(3)4)37-34-32-30-28-26-24-22-20-18-16-14-12-10-8-6-2/h13-16,19-22,40-42H,5-12,17-18,23-39H2,1-4H3. The van der Waals surface area contributed by atoms with Crippen molar-refractivity contribution in [3.63, 3.8) is 0 Å². The number of nitrogens with zero attached hydrogens (tertiary/aromatic N) is 1. The Bertz CT molecular complexity index is 670. The van der Waals surface area contributed by atoms with E-state index >= 15 is 0 Å². The van der Waals surface area contributed by atoms with Gasteiger partial charge in [-0.2, -0.15) is 0 Å². The van der Waals surface area contributed by atoms with E-state index in [-0.39, 0.29) is 6.29 Å². The lowest BCUT2D eigenvalue weighted by atomic mass is 9.99. The predicted octanol–water partition coefficient (Wildman–Crippen LogP) is 13.1. The molecule has 3 nitrogen and oxygen atoms in total. The van der Waals surface area contributed by atoms with Crippen LogP contribution in [0.4, 0.5) is 0 Å². The molecular weight excluding hydrogens is 550 g/mol. The van der Waals surface area contributed by atoms with Gasteiger partial charge in [0.1, 0.15) is 0 Å². The fourth-order valence-corrected chi connectivity index (χ4v) is 6.13. The molecule has 0 aliphatic carbocycles. The molecule has 0 aromatic heterocycles. The van der Waals surface area contributed by atoms with Gasteiger partial charge < -0.3 is 14.4 Å². The van der Waals surface area contributed by atoms with Crippen molar-refractivity contribution in [2.45, 2.75) is 199 Å². The molecule has 0 saturated carbocycles. The molecule has 1 aliphatic rings. The molecular formula is C42H77NO2. The molecule has 262 valence electrons. The molecule has 1 heterocycles. The molecule has 0 radical (unpaired) electrons. The van der Waals surface area contributed by atoms with Crippen molar-refractivity contribution in [1.82, 2.24) is 4.90 Å². The lowest BCUT2D eigenvalue weighted by molar-refractivity contribution is -0.0733. The van der Waals surface area contributed by atoms with Gasteiger partial charge in [-0.1, -0.05) is 140 Å². The van der Waals surface area contributed by atoms with E-state index in [9.17, 15) is 0 Å². The zero-order valence-electron chi connectivity index (χ0n) is 30.7. The van der Waals surface area contributed by atoms with Gasteiger partial charge in [-0.3, -0.25) is 0 Å². The van der Waals surface area contributed by atoms with Crippen LogP contribution in [0.5, 0.6) is 0 Å². The van der Waals surface area contributed by atoms with Gasteiger partial charge in [0, 0.05) is 0 Å². The van der Waals surface area contributed by atoms with E-state index in [0.717, 1.165) is 32.2 Å². The number of allylic oxidation sites excluding steroid dienone is 8. The van der Waals surface area contributed by atoms with Crippen molar-refractivity contribution in [2.75, 3.05) is 20.6 Å². The third kappa shape index (κ3) is 27.6. The van der Waals surface area contributed by atoms with E-state index in [0.29, 0.717) is 12.2 Å². The van der Waals surface area contributed by atoms with Crippen molar-refractivity contribution >= 4 is 0 Å². The summed E-state index contributed by atoms with van der Waals surface area (Å²) in [5.41, 5.74) is 0. The molecule has 0 amide bonds. The van der Waals surface area contributed by atoms with Crippen LogP contribution in [0.1, 0.15) is 181 Å². The molecule has 0 aromatic carbocycles. The van der Waals surface area contributed by atoms with Gasteiger partial charge in [0.15, 0.2) is 6.29 Å². The summed E-state index contributed by atoms with van der Waals surface area (Å²) >= 11 is 0. The fourth-order valence-electron chi connectivity index (χ4n) is 6.13. The van der Waals surface area contributed by atoms with Crippen molar-refractivity contribution in [2.24, 2.45) is 0 Å². The van der Waals surface area contributed by atoms with Crippen LogP contribution in [-0.2, 0) is 9.47 Å². The summed E-state index contributed by atoms with van der Waals surface area (Å²) in [5, 5.41) is 0. The van der Waals surface area contributed by atoms with Crippen LogP contribution in [0.25, 0.3) is 0 Å². The molecule has 0 bridgehead atoms. The van der Waals surface area contributed by atoms with E-state index < -0.39 is 0 Å². The highest BCUT2D eigenvalue weighted by Gasteiger charge is 2.34. The highest BCUT2D eigenvalue weighted by molar-refractivity contribution is 4.93. The average molecular weight is 628 g/mol. The maximum atomic E-state index is 6.48. The minimum Gasteiger partial charge on any atom is -0.347 e. The summed E-state index contributed by atoms with van der Waals surface area (Å²) in [5.74, 6) is 0. The lowest BCUT2D eigenvalue weighted by Gasteiger charge is -2.16. The summed E-state index contributed by atoms with van der Waals surface area (Å²) < 4.78 is 13.0. The minimum absolute atomic E-state index is 0.0101. The highest BCUT2D eigenvalue weighted by Crippen LogP contribution is 2.30. The number of rotatable bonds is 32. The van der Waals surface area contributed by atoms with E-state index in [1.54, 1.807) is 0 Å². The topological polar surface area (TPSA) is 21.7 Å². The summed E-state index contributed by atoms with van der Waals surface area (Å²) in [4.78, 5) is 2.26. The van der Waals surface area contributed by atoms with Crippen molar-refractivity contribution in [1.29, 1.82) is 0 Å². The first-order valence-electron chi connectivity index (χ1n) is 19.7. The van der Waals surface area contributed by atoms with Crippen LogP contribution in [0, 0.1) is 0 Å². The molecule has 0 spiro atoms. The number of ether oxygens (including phenoxy) is 2. The van der Waals surface area contributed by atoms with Gasteiger partial charge in [0.25, 0.3) is 0 Å². The molecule has 45 heavy (non-hydrogen) atoms. The SMILES string of the molecule is CCCCCC=CCC=CCCCCCCCC1OC(CCCN(C)C)OC1CCCCCCCC=CCC=CCCCCC. The second-order valence-electron chi connectivity index (χ2n) is 13.8. The first kappa shape index (κ1) is 41.9. The Balaban J connectivity index is 2.16. The molecule has 1 saturated heterocycles. The summed E-state index contributed by atoms with van der Waals surface area (Å²) in [6.07, 6.45) is 52.3. The van der Waals surface area contributed by atoms with Gasteiger partial charge in [-0.25, -0.2) is 0 Å². The molecule has 1 rings (SSSR count). The zero-order valence-corrected chi connectivity index (χ0v) is 30.7. The quantitative estimate of drug-likeness (QED) is 0.0547. The van der Waals surface area contributed by atoms with Crippen molar-refractivity contribution in [3.8, 4) is 0 Å². The van der Waals surface area contributed by atoms with Crippen LogP contribution in [-0.4, -0.2) is 44.0 Å². The van der Waals surface area contributed by atoms with Crippen LogP contribution in [0.3, 0.4) is 0 Å². The summed E-state index contributed by atoms with van der Waals surface area (Å²) in [6, 6.07) is 0. The number of hydrogen-bond acceptors (Lipinski definition) is 3. The Morgan fingerprint density at radius 1 is 0.422 bits per heavy atom.